The average molecular weight is 372 g/mol. The molecule has 0 radical (unpaired) electrons. The Morgan fingerprint density at radius 1 is 1.35 bits per heavy atom. The molecule has 0 atom stereocenters. The minimum Gasteiger partial charge on any atom is -0.361 e. The molecule has 0 aliphatic carbocycles. The fourth-order valence-corrected chi connectivity index (χ4v) is 4.03. The Hall–Kier alpha value is -2.08. The average Bonchev–Trinajstić information content (AvgIpc) is 2.94. The van der Waals surface area contributed by atoms with E-state index in [1.54, 1.807) is 11.8 Å². The number of hydrogen-bond acceptors (Lipinski definition) is 5. The highest BCUT2D eigenvalue weighted by molar-refractivity contribution is 8.13. The Morgan fingerprint density at radius 3 is 2.81 bits per heavy atom. The lowest BCUT2D eigenvalue weighted by molar-refractivity contribution is -0.126. The Labute approximate surface area is 158 Å². The molecular weight excluding hydrogens is 346 g/mol. The van der Waals surface area contributed by atoms with Crippen LogP contribution in [0.2, 0.25) is 0 Å². The van der Waals surface area contributed by atoms with E-state index < -0.39 is 0 Å². The van der Waals surface area contributed by atoms with Crippen molar-refractivity contribution in [3.63, 3.8) is 0 Å². The molecule has 1 aliphatic rings. The summed E-state index contributed by atoms with van der Waals surface area (Å²) in [6, 6.07) is 8.16. The van der Waals surface area contributed by atoms with E-state index in [0.29, 0.717) is 24.6 Å². The molecule has 1 saturated heterocycles. The van der Waals surface area contributed by atoms with E-state index in [4.69, 9.17) is 9.52 Å². The summed E-state index contributed by atoms with van der Waals surface area (Å²) in [5.41, 5.74) is 3.81. The van der Waals surface area contributed by atoms with Gasteiger partial charge in [0.25, 0.3) is 0 Å². The number of rotatable bonds is 4. The van der Waals surface area contributed by atoms with Gasteiger partial charge in [-0.05, 0) is 37.8 Å². The summed E-state index contributed by atoms with van der Waals surface area (Å²) in [6.45, 7) is 8.75. The number of aromatic nitrogens is 1. The lowest BCUT2D eigenvalue weighted by Gasteiger charge is -2.28. The number of amidine groups is 1. The monoisotopic (exact) mass is 371 g/mol. The number of thioether (sulfide) groups is 1. The van der Waals surface area contributed by atoms with Crippen molar-refractivity contribution in [2.45, 2.75) is 46.5 Å². The summed E-state index contributed by atoms with van der Waals surface area (Å²) >= 11 is 1.65. The summed E-state index contributed by atoms with van der Waals surface area (Å²) in [6.07, 6.45) is 1.27. The molecule has 5 nitrogen and oxygen atoms in total. The summed E-state index contributed by atoms with van der Waals surface area (Å²) < 4.78 is 5.19. The van der Waals surface area contributed by atoms with Gasteiger partial charge in [-0.25, -0.2) is 4.99 Å². The number of aliphatic imine (C=N–C) groups is 1. The quantitative estimate of drug-likeness (QED) is 0.787. The number of amides is 1. The summed E-state index contributed by atoms with van der Waals surface area (Å²) in [4.78, 5) is 19.6. The largest absolute Gasteiger partial charge is 0.361 e. The molecule has 1 amide bonds. The maximum atomic E-state index is 13.0. The predicted octanol–water partition coefficient (Wildman–Crippen LogP) is 4.61. The van der Waals surface area contributed by atoms with Crippen LogP contribution >= 0.6 is 11.8 Å². The highest BCUT2D eigenvalue weighted by Gasteiger charge is 2.26. The molecular formula is C20H25N3O2S. The molecule has 2 aromatic rings. The normalized spacial score (nSPS) is 16.5. The summed E-state index contributed by atoms with van der Waals surface area (Å²) in [7, 11) is 0. The molecule has 1 aliphatic heterocycles. The van der Waals surface area contributed by atoms with E-state index in [0.717, 1.165) is 34.3 Å². The topological polar surface area (TPSA) is 58.7 Å². The van der Waals surface area contributed by atoms with Gasteiger partial charge in [-0.2, -0.15) is 0 Å². The molecule has 6 heteroatoms. The third-order valence-electron chi connectivity index (χ3n) is 4.57. The lowest BCUT2D eigenvalue weighted by Crippen LogP contribution is -2.40. The van der Waals surface area contributed by atoms with Crippen molar-refractivity contribution in [2.75, 3.05) is 12.3 Å². The van der Waals surface area contributed by atoms with E-state index in [1.165, 1.54) is 5.56 Å². The zero-order valence-corrected chi connectivity index (χ0v) is 16.6. The summed E-state index contributed by atoms with van der Waals surface area (Å²) in [5, 5.41) is 4.74. The molecule has 0 bridgehead atoms. The van der Waals surface area contributed by atoms with Crippen LogP contribution in [0.25, 0.3) is 0 Å². The Bertz CT molecular complexity index is 807. The molecule has 1 aromatic carbocycles. The van der Waals surface area contributed by atoms with Crippen LogP contribution in [-0.4, -0.2) is 33.4 Å². The number of carbonyl (C=O) groups is 1. The third kappa shape index (κ3) is 4.01. The molecule has 0 spiro atoms. The Balaban J connectivity index is 1.87. The van der Waals surface area contributed by atoms with Crippen LogP contribution in [0.15, 0.2) is 33.8 Å². The second-order valence-corrected chi connectivity index (χ2v) is 7.90. The molecule has 2 heterocycles. The van der Waals surface area contributed by atoms with E-state index in [-0.39, 0.29) is 5.91 Å². The molecule has 1 aromatic heterocycles. The van der Waals surface area contributed by atoms with Crippen molar-refractivity contribution in [3.05, 3.63) is 46.8 Å². The number of para-hydroxylation sites is 1. The minimum absolute atomic E-state index is 0.0485. The van der Waals surface area contributed by atoms with Crippen LogP contribution in [0.3, 0.4) is 0 Å². The molecule has 3 rings (SSSR count). The van der Waals surface area contributed by atoms with Gasteiger partial charge in [0, 0.05) is 17.9 Å². The number of aryl methyl sites for hydroxylation is 2. The number of nitrogens with zero attached hydrogens (tertiary/aromatic N) is 3. The van der Waals surface area contributed by atoms with Crippen LogP contribution < -0.4 is 0 Å². The first-order valence-electron chi connectivity index (χ1n) is 9.00. The lowest BCUT2D eigenvalue weighted by atomic mass is 10.0. The van der Waals surface area contributed by atoms with Crippen LogP contribution in [-0.2, 0) is 11.2 Å². The molecule has 0 saturated carbocycles. The fraction of sp³-hybridized carbons (Fsp3) is 0.450. The van der Waals surface area contributed by atoms with Crippen LogP contribution in [0.1, 0.15) is 48.8 Å². The van der Waals surface area contributed by atoms with Crippen molar-refractivity contribution in [1.82, 2.24) is 10.1 Å². The van der Waals surface area contributed by atoms with Gasteiger partial charge in [0.1, 0.15) is 5.76 Å². The second-order valence-electron chi connectivity index (χ2n) is 6.83. The standard InChI is InChI=1S/C20H25N3O2S/c1-13(2)16-8-5-6-9-18(16)21-20-23(10-7-11-26-20)19(24)12-17-14(3)22-25-15(17)4/h5-6,8-9,13H,7,10-12H2,1-4H3. The van der Waals surface area contributed by atoms with Gasteiger partial charge in [-0.15, -0.1) is 0 Å². The number of benzene rings is 1. The van der Waals surface area contributed by atoms with Crippen molar-refractivity contribution in [2.24, 2.45) is 4.99 Å². The molecule has 26 heavy (non-hydrogen) atoms. The maximum Gasteiger partial charge on any atom is 0.233 e. The van der Waals surface area contributed by atoms with Gasteiger partial charge < -0.3 is 4.52 Å². The molecule has 0 unspecified atom stereocenters. The first kappa shape index (κ1) is 18.7. The molecule has 0 N–H and O–H groups in total. The maximum absolute atomic E-state index is 13.0. The highest BCUT2D eigenvalue weighted by atomic mass is 32.2. The van der Waals surface area contributed by atoms with E-state index >= 15 is 0 Å². The van der Waals surface area contributed by atoms with Crippen LogP contribution in [0, 0.1) is 13.8 Å². The zero-order valence-electron chi connectivity index (χ0n) is 15.8. The van der Waals surface area contributed by atoms with Crippen LogP contribution in [0.4, 0.5) is 5.69 Å². The van der Waals surface area contributed by atoms with Gasteiger partial charge in [0.05, 0.1) is 17.8 Å². The first-order chi connectivity index (χ1) is 12.5. The highest BCUT2D eigenvalue weighted by Crippen LogP contribution is 2.30. The van der Waals surface area contributed by atoms with Gasteiger partial charge in [-0.1, -0.05) is 49.0 Å². The van der Waals surface area contributed by atoms with Gasteiger partial charge in [0.2, 0.25) is 5.91 Å². The number of hydrogen-bond donors (Lipinski definition) is 0. The van der Waals surface area contributed by atoms with Gasteiger partial charge >= 0.3 is 0 Å². The first-order valence-corrected chi connectivity index (χ1v) is 9.98. The molecule has 138 valence electrons. The van der Waals surface area contributed by atoms with Crippen molar-refractivity contribution >= 4 is 28.5 Å². The Kier molecular flexibility index (Phi) is 5.81. The SMILES string of the molecule is Cc1noc(C)c1CC(=O)N1CCCSC1=Nc1ccccc1C(C)C. The van der Waals surface area contributed by atoms with Gasteiger partial charge in [0.15, 0.2) is 5.17 Å². The third-order valence-corrected chi connectivity index (χ3v) is 5.64. The predicted molar refractivity (Wildman–Crippen MR) is 106 cm³/mol. The zero-order chi connectivity index (χ0) is 18.7. The Morgan fingerprint density at radius 2 is 2.12 bits per heavy atom. The molecule has 1 fully saturated rings. The smallest absolute Gasteiger partial charge is 0.233 e. The summed E-state index contributed by atoms with van der Waals surface area (Å²) in [5.74, 6) is 2.13. The van der Waals surface area contributed by atoms with E-state index in [2.05, 4.69) is 25.1 Å². The number of carbonyl (C=O) groups excluding carboxylic acids is 1. The minimum atomic E-state index is 0.0485. The van der Waals surface area contributed by atoms with Crippen molar-refractivity contribution < 1.29 is 9.32 Å². The van der Waals surface area contributed by atoms with Crippen molar-refractivity contribution in [1.29, 1.82) is 0 Å². The second kappa shape index (κ2) is 8.08. The van der Waals surface area contributed by atoms with Gasteiger partial charge in [-0.3, -0.25) is 9.69 Å². The van der Waals surface area contributed by atoms with Crippen LogP contribution in [0.5, 0.6) is 0 Å². The van der Waals surface area contributed by atoms with Crippen molar-refractivity contribution in [3.8, 4) is 0 Å². The van der Waals surface area contributed by atoms with E-state index in [1.807, 2.05) is 36.9 Å². The van der Waals surface area contributed by atoms with E-state index in [9.17, 15) is 4.79 Å². The fourth-order valence-electron chi connectivity index (χ4n) is 3.07.